The molecule has 1 N–H and O–H groups in total. The van der Waals surface area contributed by atoms with Gasteiger partial charge in [-0.15, -0.1) is 0 Å². The van der Waals surface area contributed by atoms with Crippen LogP contribution in [0, 0.1) is 13.8 Å². The zero-order valence-electron chi connectivity index (χ0n) is 10.9. The van der Waals surface area contributed by atoms with Crippen molar-refractivity contribution in [1.82, 2.24) is 5.32 Å². The van der Waals surface area contributed by atoms with Gasteiger partial charge in [0.05, 0.1) is 0 Å². The number of aryl methyl sites for hydroxylation is 1. The van der Waals surface area contributed by atoms with E-state index in [4.69, 9.17) is 4.74 Å². The van der Waals surface area contributed by atoms with Crippen LogP contribution in [0.1, 0.15) is 34.8 Å². The Kier molecular flexibility index (Phi) is 5.70. The van der Waals surface area contributed by atoms with Crippen molar-refractivity contribution in [2.24, 2.45) is 0 Å². The molecule has 0 aliphatic rings. The molecule has 0 atom stereocenters. The number of carbonyl (C=O) groups is 1. The quantitative estimate of drug-likeness (QED) is 0.769. The maximum Gasteiger partial charge on any atom is 0.251 e. The minimum Gasteiger partial charge on any atom is -0.382 e. The molecule has 1 aromatic rings. The molecule has 1 rings (SSSR count). The summed E-state index contributed by atoms with van der Waals surface area (Å²) in [7, 11) is 0. The second kappa shape index (κ2) is 7.07. The van der Waals surface area contributed by atoms with Gasteiger partial charge in [-0.1, -0.05) is 12.1 Å². The van der Waals surface area contributed by atoms with Gasteiger partial charge in [0.1, 0.15) is 0 Å². The van der Waals surface area contributed by atoms with Crippen LogP contribution < -0.4 is 5.32 Å². The van der Waals surface area contributed by atoms with Gasteiger partial charge in [-0.05, 0) is 44.4 Å². The van der Waals surface area contributed by atoms with Crippen molar-refractivity contribution in [2.45, 2.75) is 27.2 Å². The van der Waals surface area contributed by atoms with E-state index >= 15 is 0 Å². The normalized spacial score (nSPS) is 10.3. The lowest BCUT2D eigenvalue weighted by Gasteiger charge is -2.09. The molecule has 0 unspecified atom stereocenters. The Morgan fingerprint density at radius 1 is 1.35 bits per heavy atom. The lowest BCUT2D eigenvalue weighted by molar-refractivity contribution is 0.0943. The van der Waals surface area contributed by atoms with Crippen molar-refractivity contribution < 1.29 is 9.53 Å². The molecule has 0 saturated heterocycles. The van der Waals surface area contributed by atoms with Crippen LogP contribution in [0.3, 0.4) is 0 Å². The van der Waals surface area contributed by atoms with Crippen molar-refractivity contribution >= 4 is 5.91 Å². The Hall–Kier alpha value is -1.35. The molecule has 94 valence electrons. The van der Waals surface area contributed by atoms with Gasteiger partial charge in [0.2, 0.25) is 0 Å². The smallest absolute Gasteiger partial charge is 0.251 e. The molecule has 0 saturated carbocycles. The van der Waals surface area contributed by atoms with Crippen LogP contribution in [0.15, 0.2) is 18.2 Å². The van der Waals surface area contributed by atoms with Gasteiger partial charge in [-0.25, -0.2) is 0 Å². The molecule has 0 spiro atoms. The van der Waals surface area contributed by atoms with Gasteiger partial charge >= 0.3 is 0 Å². The van der Waals surface area contributed by atoms with E-state index in [0.29, 0.717) is 13.2 Å². The van der Waals surface area contributed by atoms with Crippen molar-refractivity contribution in [1.29, 1.82) is 0 Å². The Morgan fingerprint density at radius 3 is 2.82 bits per heavy atom. The number of hydrogen-bond donors (Lipinski definition) is 1. The third-order valence-corrected chi connectivity index (χ3v) is 2.80. The van der Waals surface area contributed by atoms with Gasteiger partial charge < -0.3 is 10.1 Å². The highest BCUT2D eigenvalue weighted by Crippen LogP contribution is 2.12. The number of rotatable bonds is 6. The first-order valence-electron chi connectivity index (χ1n) is 6.09. The number of benzene rings is 1. The largest absolute Gasteiger partial charge is 0.382 e. The lowest BCUT2D eigenvalue weighted by Crippen LogP contribution is -2.26. The molecule has 3 nitrogen and oxygen atoms in total. The average Bonchev–Trinajstić information content (AvgIpc) is 2.32. The molecule has 0 aliphatic heterocycles. The van der Waals surface area contributed by atoms with E-state index in [2.05, 4.69) is 5.32 Å². The van der Waals surface area contributed by atoms with E-state index in [0.717, 1.165) is 29.7 Å². The van der Waals surface area contributed by atoms with E-state index in [1.54, 1.807) is 0 Å². The molecule has 0 radical (unpaired) electrons. The molecular weight excluding hydrogens is 214 g/mol. The summed E-state index contributed by atoms with van der Waals surface area (Å²) in [5, 5.41) is 2.91. The molecule has 0 bridgehead atoms. The Labute approximate surface area is 103 Å². The molecule has 0 aliphatic carbocycles. The molecule has 17 heavy (non-hydrogen) atoms. The summed E-state index contributed by atoms with van der Waals surface area (Å²) in [4.78, 5) is 11.9. The zero-order chi connectivity index (χ0) is 12.7. The molecular formula is C14H21NO2. The molecule has 3 heteroatoms. The van der Waals surface area contributed by atoms with E-state index in [9.17, 15) is 4.79 Å². The standard InChI is InChI=1S/C14H21NO2/c1-4-17-10-6-9-15-14(16)13-8-5-7-11(2)12(13)3/h5,7-8H,4,6,9-10H2,1-3H3,(H,15,16). The van der Waals surface area contributed by atoms with Gasteiger partial charge in [0.15, 0.2) is 0 Å². The summed E-state index contributed by atoms with van der Waals surface area (Å²) >= 11 is 0. The molecule has 1 aromatic carbocycles. The number of hydrogen-bond acceptors (Lipinski definition) is 2. The van der Waals surface area contributed by atoms with E-state index in [1.807, 2.05) is 39.0 Å². The van der Waals surface area contributed by atoms with Crippen molar-refractivity contribution in [3.63, 3.8) is 0 Å². The third kappa shape index (κ3) is 4.19. The average molecular weight is 235 g/mol. The lowest BCUT2D eigenvalue weighted by atomic mass is 10.0. The fraction of sp³-hybridized carbons (Fsp3) is 0.500. The van der Waals surface area contributed by atoms with Crippen LogP contribution in [0.5, 0.6) is 0 Å². The molecule has 1 amide bonds. The summed E-state index contributed by atoms with van der Waals surface area (Å²) < 4.78 is 5.21. The Bertz CT molecular complexity index is 374. The summed E-state index contributed by atoms with van der Waals surface area (Å²) in [6.07, 6.45) is 0.852. The minimum atomic E-state index is 0.00250. The molecule has 0 fully saturated rings. The van der Waals surface area contributed by atoms with Crippen LogP contribution in [0.2, 0.25) is 0 Å². The van der Waals surface area contributed by atoms with Gasteiger partial charge in [0.25, 0.3) is 5.91 Å². The van der Waals surface area contributed by atoms with Crippen LogP contribution in [-0.4, -0.2) is 25.7 Å². The van der Waals surface area contributed by atoms with Crippen LogP contribution in [0.4, 0.5) is 0 Å². The first kappa shape index (κ1) is 13.7. The van der Waals surface area contributed by atoms with Gasteiger partial charge in [0, 0.05) is 25.3 Å². The predicted octanol–water partition coefficient (Wildman–Crippen LogP) is 2.46. The molecule has 0 aromatic heterocycles. The number of amides is 1. The topological polar surface area (TPSA) is 38.3 Å². The fourth-order valence-electron chi connectivity index (χ4n) is 1.61. The maximum atomic E-state index is 11.9. The third-order valence-electron chi connectivity index (χ3n) is 2.80. The number of nitrogens with one attached hydrogen (secondary N) is 1. The second-order valence-corrected chi connectivity index (χ2v) is 4.05. The van der Waals surface area contributed by atoms with Crippen LogP contribution in [-0.2, 0) is 4.74 Å². The first-order valence-corrected chi connectivity index (χ1v) is 6.09. The van der Waals surface area contributed by atoms with Gasteiger partial charge in [-0.3, -0.25) is 4.79 Å². The maximum absolute atomic E-state index is 11.9. The highest BCUT2D eigenvalue weighted by molar-refractivity contribution is 5.95. The number of carbonyl (C=O) groups excluding carboxylic acids is 1. The van der Waals surface area contributed by atoms with Crippen molar-refractivity contribution in [2.75, 3.05) is 19.8 Å². The van der Waals surface area contributed by atoms with Crippen LogP contribution in [0.25, 0.3) is 0 Å². The summed E-state index contributed by atoms with van der Waals surface area (Å²) in [5.74, 6) is 0.00250. The number of ether oxygens (including phenoxy) is 1. The SMILES string of the molecule is CCOCCCNC(=O)c1cccc(C)c1C. The van der Waals surface area contributed by atoms with Crippen molar-refractivity contribution in [3.05, 3.63) is 34.9 Å². The summed E-state index contributed by atoms with van der Waals surface area (Å²) in [5.41, 5.74) is 2.96. The van der Waals surface area contributed by atoms with E-state index in [-0.39, 0.29) is 5.91 Å². The zero-order valence-corrected chi connectivity index (χ0v) is 10.9. The Balaban J connectivity index is 2.44. The first-order chi connectivity index (χ1) is 8.16. The summed E-state index contributed by atoms with van der Waals surface area (Å²) in [6, 6.07) is 5.79. The minimum absolute atomic E-state index is 0.00250. The predicted molar refractivity (Wildman–Crippen MR) is 69.4 cm³/mol. The van der Waals surface area contributed by atoms with Crippen molar-refractivity contribution in [3.8, 4) is 0 Å². The Morgan fingerprint density at radius 2 is 2.12 bits per heavy atom. The highest BCUT2D eigenvalue weighted by atomic mass is 16.5. The summed E-state index contributed by atoms with van der Waals surface area (Å²) in [6.45, 7) is 8.04. The fourth-order valence-corrected chi connectivity index (χ4v) is 1.61. The second-order valence-electron chi connectivity index (χ2n) is 4.05. The molecule has 0 heterocycles. The van der Waals surface area contributed by atoms with E-state index in [1.165, 1.54) is 0 Å². The van der Waals surface area contributed by atoms with E-state index < -0.39 is 0 Å². The van der Waals surface area contributed by atoms with Gasteiger partial charge in [-0.2, -0.15) is 0 Å². The van der Waals surface area contributed by atoms with Crippen LogP contribution >= 0.6 is 0 Å². The monoisotopic (exact) mass is 235 g/mol. The highest BCUT2D eigenvalue weighted by Gasteiger charge is 2.08.